The summed E-state index contributed by atoms with van der Waals surface area (Å²) in [5.41, 5.74) is 6.74. The highest BCUT2D eigenvalue weighted by molar-refractivity contribution is 5.45. The lowest BCUT2D eigenvalue weighted by Crippen LogP contribution is -2.40. The monoisotopic (exact) mass is 271 g/mol. The molecule has 106 valence electrons. The van der Waals surface area contributed by atoms with Gasteiger partial charge in [-0.25, -0.2) is 4.98 Å². The van der Waals surface area contributed by atoms with Crippen LogP contribution in [0.4, 0.5) is 11.8 Å². The van der Waals surface area contributed by atoms with Gasteiger partial charge in [0.15, 0.2) is 0 Å². The molecular weight excluding hydrogens is 250 g/mol. The van der Waals surface area contributed by atoms with E-state index in [1.807, 2.05) is 43.3 Å². The summed E-state index contributed by atoms with van der Waals surface area (Å²) in [6, 6.07) is 12.0. The summed E-state index contributed by atoms with van der Waals surface area (Å²) in [6.07, 6.45) is 1.74. The minimum atomic E-state index is -0.362. The van der Waals surface area contributed by atoms with E-state index in [1.54, 1.807) is 6.20 Å². The molecule has 0 radical (unpaired) electrons. The van der Waals surface area contributed by atoms with Gasteiger partial charge in [-0.05, 0) is 18.6 Å². The molecule has 0 aliphatic carbocycles. The van der Waals surface area contributed by atoms with Gasteiger partial charge in [0, 0.05) is 26.8 Å². The third-order valence-corrected chi connectivity index (χ3v) is 3.27. The molecule has 1 atom stereocenters. The van der Waals surface area contributed by atoms with Crippen molar-refractivity contribution < 1.29 is 0 Å². The highest BCUT2D eigenvalue weighted by atomic mass is 15.2. The first-order valence-corrected chi connectivity index (χ1v) is 6.59. The lowest BCUT2D eigenvalue weighted by Gasteiger charge is -2.30. The normalized spacial score (nSPS) is 13.6. The van der Waals surface area contributed by atoms with E-state index in [9.17, 15) is 0 Å². The van der Waals surface area contributed by atoms with Crippen molar-refractivity contribution in [1.29, 1.82) is 0 Å². The van der Waals surface area contributed by atoms with Gasteiger partial charge in [-0.2, -0.15) is 4.98 Å². The van der Waals surface area contributed by atoms with E-state index in [1.165, 1.54) is 0 Å². The highest BCUT2D eigenvalue weighted by Gasteiger charge is 2.25. The molecule has 0 amide bonds. The van der Waals surface area contributed by atoms with Crippen molar-refractivity contribution in [3.8, 4) is 0 Å². The number of anilines is 2. The van der Waals surface area contributed by atoms with E-state index < -0.39 is 0 Å². The Bertz CT molecular complexity index is 555. The van der Waals surface area contributed by atoms with Crippen LogP contribution in [0.5, 0.6) is 0 Å². The molecule has 0 saturated carbocycles. The number of benzene rings is 1. The van der Waals surface area contributed by atoms with Crippen LogP contribution >= 0.6 is 0 Å². The Hall–Kier alpha value is -2.14. The minimum absolute atomic E-state index is 0.362. The van der Waals surface area contributed by atoms with Crippen molar-refractivity contribution in [3.05, 3.63) is 48.2 Å². The first-order valence-electron chi connectivity index (χ1n) is 6.59. The Labute approximate surface area is 119 Å². The van der Waals surface area contributed by atoms with Gasteiger partial charge in [0.2, 0.25) is 5.95 Å². The molecular formula is C15H21N5. The van der Waals surface area contributed by atoms with Crippen molar-refractivity contribution in [1.82, 2.24) is 9.97 Å². The first kappa shape index (κ1) is 14.3. The summed E-state index contributed by atoms with van der Waals surface area (Å²) in [4.78, 5) is 10.6. The van der Waals surface area contributed by atoms with E-state index >= 15 is 0 Å². The largest absolute Gasteiger partial charge is 0.359 e. The van der Waals surface area contributed by atoms with Crippen molar-refractivity contribution in [3.63, 3.8) is 0 Å². The third-order valence-electron chi connectivity index (χ3n) is 3.27. The van der Waals surface area contributed by atoms with Gasteiger partial charge in [-0.3, -0.25) is 0 Å². The Kier molecular flexibility index (Phi) is 4.20. The van der Waals surface area contributed by atoms with Crippen molar-refractivity contribution in [2.75, 3.05) is 30.9 Å². The lowest BCUT2D eigenvalue weighted by molar-refractivity contribution is 0.553. The summed E-state index contributed by atoms with van der Waals surface area (Å²) in [6.45, 7) is 2.54. The number of hydrogen-bond acceptors (Lipinski definition) is 5. The minimum Gasteiger partial charge on any atom is -0.359 e. The second kappa shape index (κ2) is 5.88. The fraction of sp³-hybridized carbons (Fsp3) is 0.333. The topological polar surface area (TPSA) is 67.1 Å². The smallest absolute Gasteiger partial charge is 0.226 e. The third kappa shape index (κ3) is 3.05. The fourth-order valence-electron chi connectivity index (χ4n) is 1.96. The average molecular weight is 271 g/mol. The SMILES string of the molecule is CN(C)c1nccc(NC(C)(CN)c2ccccc2)n1. The molecule has 0 aliphatic rings. The van der Waals surface area contributed by atoms with Crippen LogP contribution in [-0.2, 0) is 5.54 Å². The molecule has 1 unspecified atom stereocenters. The van der Waals surface area contributed by atoms with Crippen molar-refractivity contribution in [2.24, 2.45) is 5.73 Å². The van der Waals surface area contributed by atoms with Crippen LogP contribution in [0.15, 0.2) is 42.6 Å². The van der Waals surface area contributed by atoms with Crippen molar-refractivity contribution in [2.45, 2.75) is 12.5 Å². The van der Waals surface area contributed by atoms with Gasteiger partial charge in [-0.1, -0.05) is 30.3 Å². The maximum absolute atomic E-state index is 5.97. The quantitative estimate of drug-likeness (QED) is 0.868. The standard InChI is InChI=1S/C15H21N5/c1-15(11-16,12-7-5-4-6-8-12)19-13-9-10-17-14(18-13)20(2)3/h4-10H,11,16H2,1-3H3,(H,17,18,19). The zero-order valence-electron chi connectivity index (χ0n) is 12.2. The van der Waals surface area contributed by atoms with Crippen LogP contribution < -0.4 is 16.0 Å². The van der Waals surface area contributed by atoms with E-state index in [-0.39, 0.29) is 5.54 Å². The molecule has 5 heteroatoms. The molecule has 0 aliphatic heterocycles. The lowest BCUT2D eigenvalue weighted by atomic mass is 9.92. The van der Waals surface area contributed by atoms with Gasteiger partial charge in [-0.15, -0.1) is 0 Å². The highest BCUT2D eigenvalue weighted by Crippen LogP contribution is 2.24. The van der Waals surface area contributed by atoms with E-state index in [0.717, 1.165) is 11.4 Å². The van der Waals surface area contributed by atoms with Crippen LogP contribution in [-0.4, -0.2) is 30.6 Å². The molecule has 0 bridgehead atoms. The number of nitrogens with two attached hydrogens (primary N) is 1. The summed E-state index contributed by atoms with van der Waals surface area (Å²) in [5, 5.41) is 3.41. The van der Waals surface area contributed by atoms with Crippen molar-refractivity contribution >= 4 is 11.8 Å². The number of hydrogen-bond donors (Lipinski definition) is 2. The Balaban J connectivity index is 2.28. The zero-order chi connectivity index (χ0) is 14.6. The zero-order valence-corrected chi connectivity index (χ0v) is 12.2. The molecule has 3 N–H and O–H groups in total. The van der Waals surface area contributed by atoms with Crippen LogP contribution in [0.2, 0.25) is 0 Å². The molecule has 5 nitrogen and oxygen atoms in total. The molecule has 1 aromatic heterocycles. The predicted molar refractivity (Wildman–Crippen MR) is 82.8 cm³/mol. The Morgan fingerprint density at radius 2 is 1.90 bits per heavy atom. The van der Waals surface area contributed by atoms with E-state index in [4.69, 9.17) is 5.73 Å². The first-order chi connectivity index (χ1) is 9.55. The maximum atomic E-state index is 5.97. The Morgan fingerprint density at radius 1 is 1.20 bits per heavy atom. The number of nitrogens with one attached hydrogen (secondary N) is 1. The Morgan fingerprint density at radius 3 is 2.50 bits per heavy atom. The predicted octanol–water partition coefficient (Wildman–Crippen LogP) is 1.83. The number of rotatable bonds is 5. The average Bonchev–Trinajstić information content (AvgIpc) is 2.48. The summed E-state index contributed by atoms with van der Waals surface area (Å²) in [7, 11) is 3.83. The van der Waals surface area contributed by atoms with Crippen LogP contribution in [0.1, 0.15) is 12.5 Å². The molecule has 0 spiro atoms. The van der Waals surface area contributed by atoms with Gasteiger partial charge in [0.25, 0.3) is 0 Å². The van der Waals surface area contributed by atoms with E-state index in [2.05, 4.69) is 34.3 Å². The van der Waals surface area contributed by atoms with Crippen LogP contribution in [0, 0.1) is 0 Å². The molecule has 2 aromatic rings. The molecule has 0 fully saturated rings. The molecule has 2 rings (SSSR count). The van der Waals surface area contributed by atoms with Gasteiger partial charge in [0.05, 0.1) is 5.54 Å². The van der Waals surface area contributed by atoms with Crippen LogP contribution in [0.3, 0.4) is 0 Å². The van der Waals surface area contributed by atoms with Gasteiger partial charge in [0.1, 0.15) is 5.82 Å². The maximum Gasteiger partial charge on any atom is 0.226 e. The van der Waals surface area contributed by atoms with E-state index in [0.29, 0.717) is 12.5 Å². The number of nitrogens with zero attached hydrogens (tertiary/aromatic N) is 3. The number of aromatic nitrogens is 2. The summed E-state index contributed by atoms with van der Waals surface area (Å²) >= 11 is 0. The molecule has 0 saturated heterocycles. The second-order valence-electron chi connectivity index (χ2n) is 5.16. The summed E-state index contributed by atoms with van der Waals surface area (Å²) < 4.78 is 0. The summed E-state index contributed by atoms with van der Waals surface area (Å²) in [5.74, 6) is 1.43. The fourth-order valence-corrected chi connectivity index (χ4v) is 1.96. The molecule has 1 heterocycles. The second-order valence-corrected chi connectivity index (χ2v) is 5.16. The van der Waals surface area contributed by atoms with Gasteiger partial charge >= 0.3 is 0 Å². The molecule has 1 aromatic carbocycles. The molecule has 20 heavy (non-hydrogen) atoms. The van der Waals surface area contributed by atoms with Crippen LogP contribution in [0.25, 0.3) is 0 Å². The van der Waals surface area contributed by atoms with Gasteiger partial charge < -0.3 is 16.0 Å².